The SMILES string of the molecule is O=C(O)[C@@H](CO)N1C(=O)/C(=C/c2ccc(F)cc2)SC1=S. The van der Waals surface area contributed by atoms with E-state index >= 15 is 0 Å². The summed E-state index contributed by atoms with van der Waals surface area (Å²) >= 11 is 5.93. The molecule has 1 fully saturated rings. The van der Waals surface area contributed by atoms with Crippen LogP contribution in [0.1, 0.15) is 5.56 Å². The second-order valence-corrected chi connectivity index (χ2v) is 5.82. The highest BCUT2D eigenvalue weighted by atomic mass is 32.2. The number of hydrogen-bond acceptors (Lipinski definition) is 5. The third-order valence-electron chi connectivity index (χ3n) is 2.76. The monoisotopic (exact) mass is 327 g/mol. The second-order valence-electron chi connectivity index (χ2n) is 4.14. The van der Waals surface area contributed by atoms with Crippen LogP contribution in [0, 0.1) is 5.82 Å². The smallest absolute Gasteiger partial charge is 0.329 e. The molecule has 1 atom stereocenters. The van der Waals surface area contributed by atoms with Gasteiger partial charge in [-0.3, -0.25) is 9.69 Å². The van der Waals surface area contributed by atoms with Crippen LogP contribution in [-0.2, 0) is 9.59 Å². The number of amides is 1. The molecule has 0 spiro atoms. The third-order valence-corrected chi connectivity index (χ3v) is 4.09. The van der Waals surface area contributed by atoms with E-state index in [4.69, 9.17) is 22.4 Å². The van der Waals surface area contributed by atoms with Crippen molar-refractivity contribution >= 4 is 46.3 Å². The van der Waals surface area contributed by atoms with Crippen molar-refractivity contribution in [2.75, 3.05) is 6.61 Å². The summed E-state index contributed by atoms with van der Waals surface area (Å²) in [6, 6.07) is 4.07. The summed E-state index contributed by atoms with van der Waals surface area (Å²) < 4.78 is 12.9. The van der Waals surface area contributed by atoms with Gasteiger partial charge in [-0.2, -0.15) is 0 Å². The largest absolute Gasteiger partial charge is 0.480 e. The number of carbonyl (C=O) groups is 2. The molecule has 2 N–H and O–H groups in total. The molecule has 110 valence electrons. The number of carboxylic acid groups (broad SMARTS) is 1. The van der Waals surface area contributed by atoms with Crippen LogP contribution >= 0.6 is 24.0 Å². The molecule has 0 unspecified atom stereocenters. The van der Waals surface area contributed by atoms with Crippen molar-refractivity contribution in [3.05, 3.63) is 40.6 Å². The molecular weight excluding hydrogens is 317 g/mol. The minimum Gasteiger partial charge on any atom is -0.480 e. The number of halogens is 1. The zero-order valence-electron chi connectivity index (χ0n) is 10.5. The Bertz CT molecular complexity index is 630. The lowest BCUT2D eigenvalue weighted by molar-refractivity contribution is -0.146. The molecule has 0 saturated carbocycles. The summed E-state index contributed by atoms with van der Waals surface area (Å²) in [5, 5.41) is 18.1. The standard InChI is InChI=1S/C13H10FNO4S2/c14-8-3-1-7(2-4-8)5-10-11(17)15(13(20)21-10)9(6-16)12(18)19/h1-5,9,16H,6H2,(H,18,19)/b10-5-/t9-/m1/s1. The van der Waals surface area contributed by atoms with Crippen LogP contribution in [0.4, 0.5) is 4.39 Å². The highest BCUT2D eigenvalue weighted by Crippen LogP contribution is 2.33. The quantitative estimate of drug-likeness (QED) is 0.644. The first kappa shape index (κ1) is 15.6. The Labute approximate surface area is 129 Å². The Morgan fingerprint density at radius 2 is 2.05 bits per heavy atom. The van der Waals surface area contributed by atoms with Gasteiger partial charge in [-0.05, 0) is 23.8 Å². The van der Waals surface area contributed by atoms with Crippen LogP contribution in [0.15, 0.2) is 29.2 Å². The number of hydrogen-bond donors (Lipinski definition) is 2. The van der Waals surface area contributed by atoms with E-state index in [1.54, 1.807) is 0 Å². The molecule has 8 heteroatoms. The molecular formula is C13H10FNO4S2. The summed E-state index contributed by atoms with van der Waals surface area (Å²) in [5.74, 6) is -2.32. The van der Waals surface area contributed by atoms with Gasteiger partial charge in [0.15, 0.2) is 6.04 Å². The fourth-order valence-electron chi connectivity index (χ4n) is 1.73. The van der Waals surface area contributed by atoms with Gasteiger partial charge in [0, 0.05) is 0 Å². The van der Waals surface area contributed by atoms with Crippen LogP contribution in [-0.4, -0.2) is 44.0 Å². The summed E-state index contributed by atoms with van der Waals surface area (Å²) in [6.45, 7) is -0.731. The van der Waals surface area contributed by atoms with Gasteiger partial charge in [-0.15, -0.1) is 0 Å². The number of aliphatic hydroxyl groups is 1. The number of benzene rings is 1. The van der Waals surface area contributed by atoms with E-state index in [-0.39, 0.29) is 9.23 Å². The number of nitrogens with zero attached hydrogens (tertiary/aromatic N) is 1. The van der Waals surface area contributed by atoms with E-state index in [1.807, 2.05) is 0 Å². The maximum absolute atomic E-state index is 12.8. The third kappa shape index (κ3) is 3.29. The molecule has 1 amide bonds. The zero-order chi connectivity index (χ0) is 15.6. The van der Waals surface area contributed by atoms with E-state index < -0.39 is 30.3 Å². The number of aliphatic hydroxyl groups excluding tert-OH is 1. The number of rotatable bonds is 4. The molecule has 1 aliphatic heterocycles. The van der Waals surface area contributed by atoms with E-state index in [0.29, 0.717) is 5.56 Å². The second kappa shape index (κ2) is 6.33. The first-order valence-corrected chi connectivity index (χ1v) is 7.03. The molecule has 1 aromatic carbocycles. The molecule has 0 radical (unpaired) electrons. The fourth-order valence-corrected chi connectivity index (χ4v) is 3.09. The van der Waals surface area contributed by atoms with E-state index in [2.05, 4.69) is 0 Å². The molecule has 1 saturated heterocycles. The van der Waals surface area contributed by atoms with Gasteiger partial charge in [-0.1, -0.05) is 36.1 Å². The van der Waals surface area contributed by atoms with Crippen molar-refractivity contribution in [1.29, 1.82) is 0 Å². The van der Waals surface area contributed by atoms with Crippen molar-refractivity contribution in [3.63, 3.8) is 0 Å². The van der Waals surface area contributed by atoms with Crippen molar-refractivity contribution in [3.8, 4) is 0 Å². The Balaban J connectivity index is 2.29. The van der Waals surface area contributed by atoms with Crippen molar-refractivity contribution in [2.45, 2.75) is 6.04 Å². The summed E-state index contributed by atoms with van der Waals surface area (Å²) in [7, 11) is 0. The number of aliphatic carboxylic acids is 1. The number of carboxylic acids is 1. The fraction of sp³-hybridized carbons (Fsp3) is 0.154. The first-order chi connectivity index (χ1) is 9.93. The molecule has 0 aromatic heterocycles. The Morgan fingerprint density at radius 1 is 1.43 bits per heavy atom. The van der Waals surface area contributed by atoms with Crippen molar-refractivity contribution in [1.82, 2.24) is 4.90 Å². The van der Waals surface area contributed by atoms with Crippen molar-refractivity contribution < 1.29 is 24.2 Å². The maximum atomic E-state index is 12.8. The number of thioether (sulfide) groups is 1. The lowest BCUT2D eigenvalue weighted by Gasteiger charge is -2.20. The molecule has 0 aliphatic carbocycles. The van der Waals surface area contributed by atoms with Crippen LogP contribution in [0.2, 0.25) is 0 Å². The lowest BCUT2D eigenvalue weighted by atomic mass is 10.2. The van der Waals surface area contributed by atoms with Gasteiger partial charge in [0.2, 0.25) is 0 Å². The molecule has 0 bridgehead atoms. The minimum atomic E-state index is -1.41. The normalized spacial score (nSPS) is 18.4. The topological polar surface area (TPSA) is 77.8 Å². The van der Waals surface area contributed by atoms with E-state index in [0.717, 1.165) is 16.7 Å². The predicted molar refractivity (Wildman–Crippen MR) is 79.9 cm³/mol. The predicted octanol–water partition coefficient (Wildman–Crippen LogP) is 1.47. The molecule has 1 aliphatic rings. The molecule has 2 rings (SSSR count). The van der Waals surface area contributed by atoms with Gasteiger partial charge < -0.3 is 10.2 Å². The summed E-state index contributed by atoms with van der Waals surface area (Å²) in [5.41, 5.74) is 0.591. The number of carbonyl (C=O) groups excluding carboxylic acids is 1. The van der Waals surface area contributed by atoms with E-state index in [1.165, 1.54) is 30.3 Å². The van der Waals surface area contributed by atoms with Crippen LogP contribution in [0.5, 0.6) is 0 Å². The van der Waals surface area contributed by atoms with Gasteiger partial charge in [0.1, 0.15) is 10.1 Å². The van der Waals surface area contributed by atoms with Crippen LogP contribution < -0.4 is 0 Å². The average Bonchev–Trinajstić information content (AvgIpc) is 2.70. The lowest BCUT2D eigenvalue weighted by Crippen LogP contribution is -2.46. The highest BCUT2D eigenvalue weighted by molar-refractivity contribution is 8.26. The summed E-state index contributed by atoms with van der Waals surface area (Å²) in [4.78, 5) is 24.3. The molecule has 1 aromatic rings. The van der Waals surface area contributed by atoms with Crippen LogP contribution in [0.3, 0.4) is 0 Å². The minimum absolute atomic E-state index is 0.0646. The Hall–Kier alpha value is -1.77. The Kier molecular flexibility index (Phi) is 4.71. The van der Waals surface area contributed by atoms with Gasteiger partial charge in [0.25, 0.3) is 5.91 Å². The van der Waals surface area contributed by atoms with Gasteiger partial charge in [0.05, 0.1) is 11.5 Å². The Morgan fingerprint density at radius 3 is 2.57 bits per heavy atom. The molecule has 1 heterocycles. The summed E-state index contributed by atoms with van der Waals surface area (Å²) in [6.07, 6.45) is 1.50. The van der Waals surface area contributed by atoms with Crippen molar-refractivity contribution in [2.24, 2.45) is 0 Å². The molecule has 21 heavy (non-hydrogen) atoms. The van der Waals surface area contributed by atoms with Crippen LogP contribution in [0.25, 0.3) is 6.08 Å². The zero-order valence-corrected chi connectivity index (χ0v) is 12.2. The molecule has 5 nitrogen and oxygen atoms in total. The highest BCUT2D eigenvalue weighted by Gasteiger charge is 2.40. The number of thiocarbonyl (C=S) groups is 1. The first-order valence-electron chi connectivity index (χ1n) is 5.80. The average molecular weight is 327 g/mol. The van der Waals surface area contributed by atoms with Gasteiger partial charge >= 0.3 is 5.97 Å². The van der Waals surface area contributed by atoms with E-state index in [9.17, 15) is 14.0 Å². The van der Waals surface area contributed by atoms with Gasteiger partial charge in [-0.25, -0.2) is 9.18 Å². The maximum Gasteiger partial charge on any atom is 0.329 e.